The predicted molar refractivity (Wildman–Crippen MR) is 308 cm³/mol. The number of nitrogens with two attached hydrogens (primary N) is 1. The number of primary amides is 1. The molecule has 5 aliphatic heterocycles. The molecule has 0 radical (unpaired) electrons. The molecule has 0 aliphatic carbocycles. The minimum atomic E-state index is -5.88. The Morgan fingerprint density at radius 2 is 1.65 bits per heavy atom. The summed E-state index contributed by atoms with van der Waals surface area (Å²) >= 11 is 2.37. The Labute approximate surface area is 494 Å². The third kappa shape index (κ3) is 13.3. The van der Waals surface area contributed by atoms with Crippen LogP contribution in [0.3, 0.4) is 0 Å². The van der Waals surface area contributed by atoms with Gasteiger partial charge in [0.1, 0.15) is 36.8 Å². The van der Waals surface area contributed by atoms with Gasteiger partial charge in [-0.25, -0.2) is 4.79 Å². The number of rotatable bonds is 16. The normalized spacial score (nSPS) is 21.3. The van der Waals surface area contributed by atoms with E-state index in [2.05, 4.69) is 33.1 Å². The average molecular weight is 1230 g/mol. The maximum absolute atomic E-state index is 14.7. The molecule has 448 valence electrons. The number of imide groups is 1. The summed E-state index contributed by atoms with van der Waals surface area (Å²) in [6.45, 7) is 0.721. The van der Waals surface area contributed by atoms with Crippen molar-refractivity contribution < 1.29 is 71.0 Å². The molecule has 5 aliphatic rings. The van der Waals surface area contributed by atoms with Gasteiger partial charge in [-0.3, -0.25) is 48.2 Å². The molecule has 0 bridgehead atoms. The number of fused-ring (bicyclic) bond motifs is 4. The van der Waals surface area contributed by atoms with E-state index in [-0.39, 0.29) is 72.7 Å². The molecule has 0 spiro atoms. The fraction of sp³-hybridized carbons (Fsp3) is 0.431. The number of hydrogen-bond acceptors (Lipinski definition) is 14. The van der Waals surface area contributed by atoms with Gasteiger partial charge in [0, 0.05) is 82.5 Å². The summed E-state index contributed by atoms with van der Waals surface area (Å²) in [5.74, 6) is 2.22. The Balaban J connectivity index is 0.797. The van der Waals surface area contributed by atoms with Crippen LogP contribution in [0.15, 0.2) is 72.8 Å². The number of nitrogens with zero attached hydrogens (tertiary/aromatic N) is 4. The fourth-order valence-electron chi connectivity index (χ4n) is 11.9. The highest BCUT2D eigenvalue weighted by molar-refractivity contribution is 7.52. The molecule has 4 saturated heterocycles. The van der Waals surface area contributed by atoms with Crippen LogP contribution in [-0.4, -0.2) is 159 Å². The third-order valence-electron chi connectivity index (χ3n) is 16.4. The van der Waals surface area contributed by atoms with E-state index < -0.39 is 97.3 Å². The van der Waals surface area contributed by atoms with Crippen molar-refractivity contribution >= 4 is 104 Å². The number of benzene rings is 3. The molecular formula is C58H62F2N9O13PS2. The number of likely N-dealkylation sites (tertiary alicyclic amines) is 1. The zero-order chi connectivity index (χ0) is 60.5. The highest BCUT2D eigenvalue weighted by Gasteiger charge is 2.51. The number of piperidine rings is 2. The van der Waals surface area contributed by atoms with E-state index in [0.717, 1.165) is 50.4 Å². The summed E-state index contributed by atoms with van der Waals surface area (Å²) in [6.07, 6.45) is 2.83. The first kappa shape index (κ1) is 60.5. The van der Waals surface area contributed by atoms with Gasteiger partial charge >= 0.3 is 19.4 Å². The molecule has 7 heterocycles. The van der Waals surface area contributed by atoms with E-state index in [4.69, 9.17) is 10.5 Å². The van der Waals surface area contributed by atoms with Crippen LogP contribution >= 0.6 is 30.3 Å². The minimum absolute atomic E-state index is 0.0169. The molecule has 10 rings (SSSR count). The number of nitrogens with one attached hydrogen (secondary N) is 4. The second kappa shape index (κ2) is 25.1. The van der Waals surface area contributed by atoms with E-state index in [9.17, 15) is 66.3 Å². The van der Waals surface area contributed by atoms with E-state index in [1.807, 2.05) is 41.3 Å². The van der Waals surface area contributed by atoms with E-state index in [1.54, 1.807) is 24.1 Å². The topological polar surface area (TPSA) is 307 Å². The molecule has 4 fully saturated rings. The minimum Gasteiger partial charge on any atom is -0.447 e. The molecule has 22 nitrogen and oxygen atoms in total. The van der Waals surface area contributed by atoms with Crippen molar-refractivity contribution in [2.45, 2.75) is 113 Å². The Morgan fingerprint density at radius 3 is 2.39 bits per heavy atom. The van der Waals surface area contributed by atoms with Gasteiger partial charge in [0.25, 0.3) is 11.8 Å². The number of ether oxygens (including phenoxy) is 1. The maximum atomic E-state index is 14.7. The molecule has 9 amide bonds. The van der Waals surface area contributed by atoms with Crippen molar-refractivity contribution in [3.63, 3.8) is 0 Å². The summed E-state index contributed by atoms with van der Waals surface area (Å²) < 4.78 is 47.2. The zero-order valence-corrected chi connectivity index (χ0v) is 48.6. The Morgan fingerprint density at radius 1 is 0.882 bits per heavy atom. The molecule has 8 N–H and O–H groups in total. The molecule has 85 heavy (non-hydrogen) atoms. The van der Waals surface area contributed by atoms with Gasteiger partial charge in [0.05, 0.1) is 4.88 Å². The Kier molecular flexibility index (Phi) is 17.9. The van der Waals surface area contributed by atoms with Gasteiger partial charge in [-0.2, -0.15) is 8.78 Å². The second-order valence-electron chi connectivity index (χ2n) is 22.1. The van der Waals surface area contributed by atoms with Crippen LogP contribution in [0.5, 0.6) is 0 Å². The van der Waals surface area contributed by atoms with Crippen molar-refractivity contribution in [1.82, 2.24) is 40.9 Å². The summed E-state index contributed by atoms with van der Waals surface area (Å²) in [6, 6.07) is 12.8. The van der Waals surface area contributed by atoms with E-state index in [1.165, 1.54) is 33.3 Å². The number of carbonyl (C=O) groups excluding carboxylic acids is 9. The SMILES string of the molecule is CN1CC[C@H]2CC[C@@H](C(=O)NC(COC(N)=O)C(=O)NC(Cc3cc4ccccc4s3)C(=O)N3CCC(CCC#Cc4cccc5c4CN(C4CCC(=O)NC4=O)C5=O)CC3)N2C(=O)[C@@H](NC(=O)c2cc3cc(C(F)(F)P(=O)(O)O)ccc3s2)C1. The first-order chi connectivity index (χ1) is 40.5. The first-order valence-corrected chi connectivity index (χ1v) is 31.1. The summed E-state index contributed by atoms with van der Waals surface area (Å²) in [7, 11) is -4.12. The largest absolute Gasteiger partial charge is 0.447 e. The second-order valence-corrected chi connectivity index (χ2v) is 26.0. The van der Waals surface area contributed by atoms with Crippen LogP contribution in [-0.2, 0) is 56.7 Å². The van der Waals surface area contributed by atoms with Gasteiger partial charge in [0.2, 0.25) is 35.4 Å². The van der Waals surface area contributed by atoms with Crippen LogP contribution in [0.1, 0.15) is 99.4 Å². The molecule has 0 saturated carbocycles. The third-order valence-corrected chi connectivity index (χ3v) is 19.6. The maximum Gasteiger partial charge on any atom is 0.404 e. The van der Waals surface area contributed by atoms with E-state index >= 15 is 0 Å². The highest BCUT2D eigenvalue weighted by Crippen LogP contribution is 2.59. The van der Waals surface area contributed by atoms with Crippen LogP contribution < -0.4 is 27.0 Å². The van der Waals surface area contributed by atoms with Crippen LogP contribution in [0.2, 0.25) is 0 Å². The van der Waals surface area contributed by atoms with Gasteiger partial charge in [0.15, 0.2) is 0 Å². The quantitative estimate of drug-likeness (QED) is 0.0413. The first-order valence-electron chi connectivity index (χ1n) is 27.9. The van der Waals surface area contributed by atoms with Gasteiger partial charge in [-0.15, -0.1) is 22.7 Å². The summed E-state index contributed by atoms with van der Waals surface area (Å²) in [4.78, 5) is 148. The number of carbonyl (C=O) groups is 9. The lowest BCUT2D eigenvalue weighted by atomic mass is 9.91. The lowest BCUT2D eigenvalue weighted by Crippen LogP contribution is -2.62. The van der Waals surface area contributed by atoms with Crippen molar-refractivity contribution in [1.29, 1.82) is 0 Å². The lowest BCUT2D eigenvalue weighted by molar-refractivity contribution is -0.144. The van der Waals surface area contributed by atoms with Crippen LogP contribution in [0, 0.1) is 17.8 Å². The molecule has 5 aromatic rings. The number of alkyl halides is 2. The predicted octanol–water partition coefficient (Wildman–Crippen LogP) is 4.28. The monoisotopic (exact) mass is 1230 g/mol. The number of halogens is 2. The number of amides is 9. The Hall–Kier alpha value is -7.66. The lowest BCUT2D eigenvalue weighted by Gasteiger charge is -2.38. The average Bonchev–Trinajstić information content (AvgIpc) is 4.50. The molecule has 3 unspecified atom stereocenters. The van der Waals surface area contributed by atoms with Crippen LogP contribution in [0.25, 0.3) is 20.2 Å². The highest BCUT2D eigenvalue weighted by atomic mass is 32.1. The van der Waals surface area contributed by atoms with Crippen LogP contribution in [0.4, 0.5) is 13.6 Å². The molecular weight excluding hydrogens is 1160 g/mol. The summed E-state index contributed by atoms with van der Waals surface area (Å²) in [5, 5.41) is 11.6. The number of hydrogen-bond donors (Lipinski definition) is 7. The van der Waals surface area contributed by atoms with Gasteiger partial charge in [-0.05, 0) is 123 Å². The standard InChI is InChI=1S/C58H62F2N9O13PS2/c1-66-22-21-37-14-15-45(69(37)56(77)42(30-66)63-53(74)48-27-35-25-36(13-17-47(35)85-48)58(59,60)83(79,80)81)52(73)64-43(31-82-57(61)78)50(71)62-41(28-38-26-34-9-4-5-12-46(34)84-38)55(76)67-23-19-32(20-24-67)7-2-3-8-33-10-6-11-39-40(33)29-68(54(39)75)44-16-18-49(70)65-51(44)72/h4-6,9-13,17,25-27,32,37,41-45H,2,7,14-16,18-24,28-31H2,1H3,(H2,61,78)(H,62,71)(H,63,74)(H,64,73)(H,65,70,72)(H2,79,80,81)/t37-,41?,42+,43?,44?,45+/m1/s1. The number of thiophene rings is 2. The van der Waals surface area contributed by atoms with Crippen molar-refractivity contribution in [3.05, 3.63) is 105 Å². The molecule has 27 heteroatoms. The fourth-order valence-corrected chi connectivity index (χ4v) is 14.4. The number of likely N-dealkylation sites (N-methyl/N-ethyl adjacent to an activating group) is 1. The van der Waals surface area contributed by atoms with Gasteiger partial charge < -0.3 is 55.8 Å². The smallest absolute Gasteiger partial charge is 0.404 e. The van der Waals surface area contributed by atoms with Crippen molar-refractivity contribution in [2.24, 2.45) is 11.7 Å². The molecule has 2 aromatic heterocycles. The van der Waals surface area contributed by atoms with Gasteiger partial charge in [-0.1, -0.05) is 42.2 Å². The Bertz CT molecular complexity index is 3600. The van der Waals surface area contributed by atoms with E-state index in [0.29, 0.717) is 67.6 Å². The van der Waals surface area contributed by atoms with Crippen molar-refractivity contribution in [2.75, 3.05) is 39.8 Å². The molecule has 3 aromatic carbocycles. The molecule has 6 atom stereocenters. The van der Waals surface area contributed by atoms with Crippen molar-refractivity contribution in [3.8, 4) is 11.8 Å². The zero-order valence-electron chi connectivity index (χ0n) is 46.1. The summed E-state index contributed by atoms with van der Waals surface area (Å²) in [5.41, 5.74) is 1.85.